The molecule has 2 rings (SSSR count). The van der Waals surface area contributed by atoms with Gasteiger partial charge in [0.05, 0.1) is 6.10 Å². The lowest BCUT2D eigenvalue weighted by molar-refractivity contribution is -0.196. The fourth-order valence-electron chi connectivity index (χ4n) is 1.71. The monoisotopic (exact) mass is 245 g/mol. The van der Waals surface area contributed by atoms with Crippen LogP contribution in [0, 0.1) is 0 Å². The lowest BCUT2D eigenvalue weighted by Gasteiger charge is -2.23. The molecule has 0 radical (unpaired) electrons. The normalized spacial score (nSPS) is 37.3. The second-order valence-corrected chi connectivity index (χ2v) is 3.91. The standard InChI is InChI=1S/C9H12FN3O4/c1-4-6(14)9(10,16)7(17-4)13-3-2-5(11)12-8(13)15/h2-4,6-7,14,16H,1H3,(H2,11,12,15)/t4-,6-,7-,9-/m1/s1. The first-order valence-electron chi connectivity index (χ1n) is 4.93. The topological polar surface area (TPSA) is 111 Å². The number of alkyl halides is 1. The van der Waals surface area contributed by atoms with E-state index in [1.165, 1.54) is 13.0 Å². The van der Waals surface area contributed by atoms with Gasteiger partial charge in [0.1, 0.15) is 11.9 Å². The Labute approximate surface area is 95.3 Å². The number of nitrogens with zero attached hydrogens (tertiary/aromatic N) is 2. The van der Waals surface area contributed by atoms with Crippen molar-refractivity contribution in [1.29, 1.82) is 0 Å². The number of aromatic nitrogens is 2. The fourth-order valence-corrected chi connectivity index (χ4v) is 1.71. The number of halogens is 1. The van der Waals surface area contributed by atoms with Crippen LogP contribution >= 0.6 is 0 Å². The third-order valence-electron chi connectivity index (χ3n) is 2.65. The maximum Gasteiger partial charge on any atom is 0.351 e. The van der Waals surface area contributed by atoms with Gasteiger partial charge in [0.25, 0.3) is 5.85 Å². The molecule has 1 saturated heterocycles. The number of nitrogen functional groups attached to an aromatic ring is 1. The van der Waals surface area contributed by atoms with Gasteiger partial charge < -0.3 is 20.7 Å². The Kier molecular flexibility index (Phi) is 2.64. The van der Waals surface area contributed by atoms with Crippen molar-refractivity contribution in [3.8, 4) is 0 Å². The van der Waals surface area contributed by atoms with Crippen LogP contribution in [0.1, 0.15) is 13.2 Å². The number of aliphatic hydroxyl groups excluding tert-OH is 1. The summed E-state index contributed by atoms with van der Waals surface area (Å²) in [5.41, 5.74) is 4.41. The highest BCUT2D eigenvalue weighted by Gasteiger charge is 2.56. The van der Waals surface area contributed by atoms with Crippen LogP contribution in [0.4, 0.5) is 10.2 Å². The molecule has 0 aliphatic carbocycles. The van der Waals surface area contributed by atoms with Crippen molar-refractivity contribution in [3.05, 3.63) is 22.7 Å². The molecule has 4 N–H and O–H groups in total. The van der Waals surface area contributed by atoms with Crippen LogP contribution in [0.15, 0.2) is 17.1 Å². The van der Waals surface area contributed by atoms with Crippen molar-refractivity contribution in [3.63, 3.8) is 0 Å². The fraction of sp³-hybridized carbons (Fsp3) is 0.556. The molecule has 0 spiro atoms. The summed E-state index contributed by atoms with van der Waals surface area (Å²) in [6, 6.07) is 1.26. The average Bonchev–Trinajstić information content (AvgIpc) is 2.43. The Morgan fingerprint density at radius 2 is 2.35 bits per heavy atom. The Morgan fingerprint density at radius 3 is 2.82 bits per heavy atom. The first-order valence-corrected chi connectivity index (χ1v) is 4.93. The summed E-state index contributed by atoms with van der Waals surface area (Å²) < 4.78 is 19.6. The van der Waals surface area contributed by atoms with E-state index < -0.39 is 30.0 Å². The Bertz CT molecular complexity index is 489. The van der Waals surface area contributed by atoms with E-state index in [2.05, 4.69) is 4.98 Å². The molecule has 94 valence electrons. The molecule has 1 fully saturated rings. The number of ether oxygens (including phenoxy) is 1. The molecule has 4 atom stereocenters. The quantitative estimate of drug-likeness (QED) is 0.571. The predicted octanol–water partition coefficient (Wildman–Crippen LogP) is -1.24. The highest BCUT2D eigenvalue weighted by Crippen LogP contribution is 2.38. The molecule has 17 heavy (non-hydrogen) atoms. The van der Waals surface area contributed by atoms with Crippen molar-refractivity contribution < 1.29 is 19.3 Å². The third-order valence-corrected chi connectivity index (χ3v) is 2.65. The Balaban J connectivity index is 2.45. The minimum absolute atomic E-state index is 0.0276. The third kappa shape index (κ3) is 1.79. The number of aliphatic hydroxyl groups is 2. The van der Waals surface area contributed by atoms with Crippen LogP contribution < -0.4 is 11.4 Å². The van der Waals surface area contributed by atoms with E-state index in [-0.39, 0.29) is 5.82 Å². The van der Waals surface area contributed by atoms with E-state index >= 15 is 0 Å². The maximum absolute atomic E-state index is 13.8. The predicted molar refractivity (Wildman–Crippen MR) is 54.6 cm³/mol. The first kappa shape index (κ1) is 12.0. The minimum Gasteiger partial charge on any atom is -0.384 e. The van der Waals surface area contributed by atoms with E-state index in [1.807, 2.05) is 0 Å². The molecule has 0 aromatic carbocycles. The number of nitrogens with two attached hydrogens (primary N) is 1. The van der Waals surface area contributed by atoms with Gasteiger partial charge in [-0.1, -0.05) is 0 Å². The van der Waals surface area contributed by atoms with E-state index in [9.17, 15) is 19.4 Å². The van der Waals surface area contributed by atoms with Gasteiger partial charge in [0.15, 0.2) is 6.23 Å². The summed E-state index contributed by atoms with van der Waals surface area (Å²) in [6.45, 7) is 1.38. The SMILES string of the molecule is C[C@H]1O[C@@H](n2ccc(N)nc2=O)[C@@](O)(F)[C@@H]1O. The second-order valence-electron chi connectivity index (χ2n) is 3.91. The van der Waals surface area contributed by atoms with Crippen molar-refractivity contribution in [1.82, 2.24) is 9.55 Å². The molecule has 0 bridgehead atoms. The molecule has 0 amide bonds. The van der Waals surface area contributed by atoms with Gasteiger partial charge in [-0.15, -0.1) is 0 Å². The summed E-state index contributed by atoms with van der Waals surface area (Å²) in [6.07, 6.45) is -3.19. The minimum atomic E-state index is -3.05. The molecule has 2 heterocycles. The molecular formula is C9H12FN3O4. The van der Waals surface area contributed by atoms with E-state index in [1.54, 1.807) is 0 Å². The number of hydrogen-bond donors (Lipinski definition) is 3. The van der Waals surface area contributed by atoms with Crippen LogP contribution in [-0.2, 0) is 4.74 Å². The molecule has 1 aromatic heterocycles. The zero-order chi connectivity index (χ0) is 12.8. The van der Waals surface area contributed by atoms with Gasteiger partial charge in [0.2, 0.25) is 0 Å². The summed E-state index contributed by atoms with van der Waals surface area (Å²) >= 11 is 0. The summed E-state index contributed by atoms with van der Waals surface area (Å²) in [4.78, 5) is 14.8. The number of anilines is 1. The van der Waals surface area contributed by atoms with Gasteiger partial charge in [-0.3, -0.25) is 4.57 Å². The molecule has 8 heteroatoms. The average molecular weight is 245 g/mol. The molecular weight excluding hydrogens is 233 g/mol. The zero-order valence-corrected chi connectivity index (χ0v) is 8.95. The zero-order valence-electron chi connectivity index (χ0n) is 8.95. The molecule has 1 aliphatic heterocycles. The van der Waals surface area contributed by atoms with Gasteiger partial charge in [-0.2, -0.15) is 4.98 Å². The summed E-state index contributed by atoms with van der Waals surface area (Å²) in [5.74, 6) is -3.08. The van der Waals surface area contributed by atoms with E-state index in [0.717, 1.165) is 10.8 Å². The molecule has 7 nitrogen and oxygen atoms in total. The van der Waals surface area contributed by atoms with Crippen LogP contribution in [0.2, 0.25) is 0 Å². The molecule has 0 saturated carbocycles. The van der Waals surface area contributed by atoms with Gasteiger partial charge in [-0.25, -0.2) is 9.18 Å². The van der Waals surface area contributed by atoms with Crippen molar-refractivity contribution in [2.45, 2.75) is 31.2 Å². The lowest BCUT2D eigenvalue weighted by atomic mass is 10.1. The summed E-state index contributed by atoms with van der Waals surface area (Å²) in [7, 11) is 0. The summed E-state index contributed by atoms with van der Waals surface area (Å²) in [5, 5.41) is 18.9. The second kappa shape index (κ2) is 3.76. The molecule has 1 aliphatic rings. The first-order chi connectivity index (χ1) is 7.84. The van der Waals surface area contributed by atoms with Crippen LogP contribution in [0.5, 0.6) is 0 Å². The van der Waals surface area contributed by atoms with Crippen molar-refractivity contribution in [2.75, 3.05) is 5.73 Å². The maximum atomic E-state index is 13.8. The van der Waals surface area contributed by atoms with Crippen LogP contribution in [-0.4, -0.2) is 37.8 Å². The van der Waals surface area contributed by atoms with Gasteiger partial charge >= 0.3 is 5.69 Å². The van der Waals surface area contributed by atoms with Crippen LogP contribution in [0.25, 0.3) is 0 Å². The Hall–Kier alpha value is -1.51. The van der Waals surface area contributed by atoms with Crippen LogP contribution in [0.3, 0.4) is 0 Å². The lowest BCUT2D eigenvalue weighted by Crippen LogP contribution is -2.44. The van der Waals surface area contributed by atoms with Crippen molar-refractivity contribution >= 4 is 5.82 Å². The Morgan fingerprint density at radius 1 is 1.71 bits per heavy atom. The molecule has 1 aromatic rings. The van der Waals surface area contributed by atoms with Crippen molar-refractivity contribution in [2.24, 2.45) is 0 Å². The molecule has 0 unspecified atom stereocenters. The van der Waals surface area contributed by atoms with Gasteiger partial charge in [-0.05, 0) is 13.0 Å². The van der Waals surface area contributed by atoms with E-state index in [4.69, 9.17) is 10.5 Å². The highest BCUT2D eigenvalue weighted by molar-refractivity contribution is 5.23. The largest absolute Gasteiger partial charge is 0.384 e. The number of rotatable bonds is 1. The van der Waals surface area contributed by atoms with Gasteiger partial charge in [0, 0.05) is 6.20 Å². The smallest absolute Gasteiger partial charge is 0.351 e. The highest BCUT2D eigenvalue weighted by atomic mass is 19.2. The van der Waals surface area contributed by atoms with E-state index in [0.29, 0.717) is 0 Å². The number of hydrogen-bond acceptors (Lipinski definition) is 6.